The zero-order chi connectivity index (χ0) is 14.0. The van der Waals surface area contributed by atoms with Crippen molar-refractivity contribution in [2.45, 2.75) is 51.3 Å². The molecule has 0 aliphatic rings. The second kappa shape index (κ2) is 10.00. The summed E-state index contributed by atoms with van der Waals surface area (Å²) < 4.78 is 0. The van der Waals surface area contributed by atoms with Crippen molar-refractivity contribution in [3.63, 3.8) is 0 Å². The number of allylic oxidation sites excluding steroid dienone is 1. The topological polar surface area (TPSA) is 66.4 Å². The summed E-state index contributed by atoms with van der Waals surface area (Å²) >= 11 is 1.56. The van der Waals surface area contributed by atoms with E-state index in [0.717, 1.165) is 18.6 Å². The summed E-state index contributed by atoms with van der Waals surface area (Å²) in [5.74, 6) is -0.266. The molecule has 5 heteroatoms. The van der Waals surface area contributed by atoms with Crippen molar-refractivity contribution < 1.29 is 14.7 Å². The molecule has 2 N–H and O–H groups in total. The largest absolute Gasteiger partial charge is 0.480 e. The molecule has 0 aromatic carbocycles. The van der Waals surface area contributed by atoms with Crippen molar-refractivity contribution in [1.82, 2.24) is 5.32 Å². The third-order valence-corrected chi connectivity index (χ3v) is 3.70. The summed E-state index contributed by atoms with van der Waals surface area (Å²) in [5.41, 5.74) is 0. The molecular weight excluding hydrogens is 250 g/mol. The first-order valence-corrected chi connectivity index (χ1v) is 7.33. The number of nitrogens with one attached hydrogen (secondary N) is 1. The molecule has 2 unspecified atom stereocenters. The molecule has 2 atom stereocenters. The van der Waals surface area contributed by atoms with Crippen molar-refractivity contribution in [1.29, 1.82) is 0 Å². The summed E-state index contributed by atoms with van der Waals surface area (Å²) in [4.78, 5) is 22.8. The van der Waals surface area contributed by atoms with Gasteiger partial charge < -0.3 is 10.4 Å². The minimum Gasteiger partial charge on any atom is -0.480 e. The molecule has 0 aromatic heterocycles. The van der Waals surface area contributed by atoms with E-state index in [0.29, 0.717) is 6.42 Å². The molecular formula is C13H23NO3S. The van der Waals surface area contributed by atoms with Crippen LogP contribution in [0.25, 0.3) is 0 Å². The van der Waals surface area contributed by atoms with Gasteiger partial charge in [0.2, 0.25) is 5.91 Å². The Balaban J connectivity index is 4.18. The van der Waals surface area contributed by atoms with Crippen molar-refractivity contribution in [3.8, 4) is 0 Å². The lowest BCUT2D eigenvalue weighted by atomic mass is 10.2. The molecule has 0 saturated heterocycles. The van der Waals surface area contributed by atoms with E-state index in [1.54, 1.807) is 23.9 Å². The standard InChI is InChI=1S/C13H23NO3S/c1-4-6-8-11(13(16)17)14-12(15)10(3)18-9-7-5-2/h4,6,10-11H,5,7-9H2,1-3H3,(H,14,15)(H,16,17)/b6-4+. The van der Waals surface area contributed by atoms with E-state index in [4.69, 9.17) is 5.11 Å². The highest BCUT2D eigenvalue weighted by Gasteiger charge is 2.21. The van der Waals surface area contributed by atoms with Gasteiger partial charge in [0.1, 0.15) is 6.04 Å². The van der Waals surface area contributed by atoms with Gasteiger partial charge in [0.25, 0.3) is 0 Å². The average Bonchev–Trinajstić information content (AvgIpc) is 2.33. The molecule has 0 rings (SSSR count). The Morgan fingerprint density at radius 3 is 2.61 bits per heavy atom. The van der Waals surface area contributed by atoms with Gasteiger partial charge in [-0.2, -0.15) is 0 Å². The molecule has 0 aliphatic carbocycles. The molecule has 0 spiro atoms. The van der Waals surface area contributed by atoms with Crippen LogP contribution in [0.3, 0.4) is 0 Å². The van der Waals surface area contributed by atoms with Crippen molar-refractivity contribution >= 4 is 23.6 Å². The van der Waals surface area contributed by atoms with Gasteiger partial charge >= 0.3 is 5.97 Å². The second-order valence-electron chi connectivity index (χ2n) is 4.07. The van der Waals surface area contributed by atoms with Crippen LogP contribution in [0.2, 0.25) is 0 Å². The highest BCUT2D eigenvalue weighted by molar-refractivity contribution is 8.00. The van der Waals surface area contributed by atoms with E-state index in [-0.39, 0.29) is 11.2 Å². The molecule has 18 heavy (non-hydrogen) atoms. The molecule has 1 amide bonds. The van der Waals surface area contributed by atoms with Gasteiger partial charge in [-0.25, -0.2) is 4.79 Å². The van der Waals surface area contributed by atoms with Crippen LogP contribution >= 0.6 is 11.8 Å². The first-order valence-electron chi connectivity index (χ1n) is 6.28. The van der Waals surface area contributed by atoms with Crippen LogP contribution in [0.15, 0.2) is 12.2 Å². The van der Waals surface area contributed by atoms with Gasteiger partial charge in [-0.15, -0.1) is 11.8 Å². The number of thioether (sulfide) groups is 1. The molecule has 0 bridgehead atoms. The molecule has 0 aromatic rings. The average molecular weight is 273 g/mol. The fourth-order valence-corrected chi connectivity index (χ4v) is 2.29. The van der Waals surface area contributed by atoms with Gasteiger partial charge in [0, 0.05) is 0 Å². The molecule has 0 aliphatic heterocycles. The number of rotatable bonds is 9. The van der Waals surface area contributed by atoms with E-state index >= 15 is 0 Å². The van der Waals surface area contributed by atoms with E-state index < -0.39 is 12.0 Å². The fourth-order valence-electron chi connectivity index (χ4n) is 1.26. The number of carbonyl (C=O) groups is 2. The van der Waals surface area contributed by atoms with Gasteiger partial charge in [0.05, 0.1) is 5.25 Å². The number of carboxylic acid groups (broad SMARTS) is 1. The maximum absolute atomic E-state index is 11.8. The minimum absolute atomic E-state index is 0.201. The summed E-state index contributed by atoms with van der Waals surface area (Å²) in [5, 5.41) is 11.4. The number of hydrogen-bond donors (Lipinski definition) is 2. The molecule has 0 saturated carbocycles. The Kier molecular flexibility index (Phi) is 9.46. The summed E-state index contributed by atoms with van der Waals surface area (Å²) in [7, 11) is 0. The number of amides is 1. The molecule has 104 valence electrons. The quantitative estimate of drug-likeness (QED) is 0.500. The van der Waals surface area contributed by atoms with E-state index in [1.807, 2.05) is 13.8 Å². The number of unbranched alkanes of at least 4 members (excludes halogenated alkanes) is 1. The van der Waals surface area contributed by atoms with E-state index in [2.05, 4.69) is 12.2 Å². The number of aliphatic carboxylic acids is 1. The maximum atomic E-state index is 11.8. The Hall–Kier alpha value is -0.970. The van der Waals surface area contributed by atoms with Crippen molar-refractivity contribution in [2.24, 2.45) is 0 Å². The smallest absolute Gasteiger partial charge is 0.326 e. The lowest BCUT2D eigenvalue weighted by Crippen LogP contribution is -2.43. The predicted octanol–water partition coefficient (Wildman–Crippen LogP) is 2.44. The third-order valence-electron chi connectivity index (χ3n) is 2.46. The molecule has 0 heterocycles. The van der Waals surface area contributed by atoms with Crippen LogP contribution in [-0.2, 0) is 9.59 Å². The Morgan fingerprint density at radius 2 is 2.11 bits per heavy atom. The van der Waals surface area contributed by atoms with E-state index in [1.165, 1.54) is 0 Å². The number of carboxylic acids is 1. The van der Waals surface area contributed by atoms with Crippen molar-refractivity contribution in [2.75, 3.05) is 5.75 Å². The molecule has 0 fully saturated rings. The van der Waals surface area contributed by atoms with Crippen LogP contribution in [0.4, 0.5) is 0 Å². The van der Waals surface area contributed by atoms with Gasteiger partial charge in [-0.05, 0) is 32.4 Å². The molecule has 4 nitrogen and oxygen atoms in total. The Labute approximate surface area is 113 Å². The first kappa shape index (κ1) is 17.0. The lowest BCUT2D eigenvalue weighted by Gasteiger charge is -2.16. The summed E-state index contributed by atoms with van der Waals surface area (Å²) in [6.45, 7) is 5.73. The highest BCUT2D eigenvalue weighted by atomic mass is 32.2. The van der Waals surface area contributed by atoms with Crippen LogP contribution in [-0.4, -0.2) is 34.0 Å². The highest BCUT2D eigenvalue weighted by Crippen LogP contribution is 2.13. The second-order valence-corrected chi connectivity index (χ2v) is 5.52. The monoisotopic (exact) mass is 273 g/mol. The zero-order valence-electron chi connectivity index (χ0n) is 11.3. The fraction of sp³-hybridized carbons (Fsp3) is 0.692. The first-order chi connectivity index (χ1) is 8.52. The Morgan fingerprint density at radius 1 is 1.44 bits per heavy atom. The third kappa shape index (κ3) is 7.37. The SMILES string of the molecule is C/C=C/CC(NC(=O)C(C)SCCCC)C(=O)O. The summed E-state index contributed by atoms with van der Waals surface area (Å²) in [6.07, 6.45) is 6.02. The Bertz CT molecular complexity index is 292. The van der Waals surface area contributed by atoms with Crippen LogP contribution in [0.5, 0.6) is 0 Å². The van der Waals surface area contributed by atoms with Gasteiger partial charge in [-0.3, -0.25) is 4.79 Å². The van der Waals surface area contributed by atoms with Crippen LogP contribution in [0.1, 0.15) is 40.0 Å². The molecule has 0 radical (unpaired) electrons. The predicted molar refractivity (Wildman–Crippen MR) is 75.8 cm³/mol. The maximum Gasteiger partial charge on any atom is 0.326 e. The summed E-state index contributed by atoms with van der Waals surface area (Å²) in [6, 6.07) is -0.831. The van der Waals surface area contributed by atoms with Crippen molar-refractivity contribution in [3.05, 3.63) is 12.2 Å². The van der Waals surface area contributed by atoms with Crippen LogP contribution < -0.4 is 5.32 Å². The van der Waals surface area contributed by atoms with E-state index in [9.17, 15) is 9.59 Å². The normalized spacial score (nSPS) is 14.4. The van der Waals surface area contributed by atoms with Gasteiger partial charge in [-0.1, -0.05) is 25.5 Å². The minimum atomic E-state index is -0.993. The number of carbonyl (C=O) groups excluding carboxylic acids is 1. The zero-order valence-corrected chi connectivity index (χ0v) is 12.1. The lowest BCUT2D eigenvalue weighted by molar-refractivity contribution is -0.141. The van der Waals surface area contributed by atoms with Crippen LogP contribution in [0, 0.1) is 0 Å². The van der Waals surface area contributed by atoms with Gasteiger partial charge in [0.15, 0.2) is 0 Å². The number of hydrogen-bond acceptors (Lipinski definition) is 3.